The number of benzene rings is 1. The molecule has 0 aromatic heterocycles. The maximum atomic E-state index is 12.4. The highest BCUT2D eigenvalue weighted by molar-refractivity contribution is 7.90. The molecule has 0 spiro atoms. The van der Waals surface area contributed by atoms with Crippen molar-refractivity contribution in [2.75, 3.05) is 0 Å². The molecule has 5 heteroatoms. The van der Waals surface area contributed by atoms with Crippen molar-refractivity contribution in [3.8, 4) is 0 Å². The van der Waals surface area contributed by atoms with E-state index in [0.29, 0.717) is 22.4 Å². The first-order chi connectivity index (χ1) is 9.72. The average Bonchev–Trinajstić information content (AvgIpc) is 2.42. The minimum absolute atomic E-state index is 0.100. The zero-order valence-electron chi connectivity index (χ0n) is 12.5. The van der Waals surface area contributed by atoms with Gasteiger partial charge in [-0.15, -0.1) is 0 Å². The van der Waals surface area contributed by atoms with Gasteiger partial charge in [0.15, 0.2) is 5.78 Å². The van der Waals surface area contributed by atoms with E-state index >= 15 is 0 Å². The molecule has 110 valence electrons. The van der Waals surface area contributed by atoms with Gasteiger partial charge in [0.2, 0.25) is 0 Å². The van der Waals surface area contributed by atoms with E-state index in [0.717, 1.165) is 5.56 Å². The number of carbonyl (C=O) groups excluding carboxylic acids is 1. The molecule has 0 N–H and O–H groups in total. The molecule has 1 aliphatic carbocycles. The highest BCUT2D eigenvalue weighted by atomic mass is 32.2. The fourth-order valence-corrected chi connectivity index (χ4v) is 3.16. The summed E-state index contributed by atoms with van der Waals surface area (Å²) < 4.78 is 28.7. The zero-order valence-corrected chi connectivity index (χ0v) is 13.3. The number of hydrogen-bond acceptors (Lipinski definition) is 3. The van der Waals surface area contributed by atoms with Crippen LogP contribution < -0.4 is 0 Å². The molecule has 0 saturated carbocycles. The van der Waals surface area contributed by atoms with Gasteiger partial charge in [0.25, 0.3) is 10.0 Å². The molecular formula is C16H17NO3S. The number of ketones is 1. The predicted octanol–water partition coefficient (Wildman–Crippen LogP) is 2.99. The van der Waals surface area contributed by atoms with Crippen LogP contribution in [0.25, 0.3) is 0 Å². The standard InChI is InChI=1S/C16H17NO3S/c1-10-5-7-14(8-6-10)21(19,20)17-16-11(2)9-15(18)12(3)13(16)4/h5-9H,1-4H3/b17-16-. The van der Waals surface area contributed by atoms with Crippen molar-refractivity contribution in [2.45, 2.75) is 32.6 Å². The summed E-state index contributed by atoms with van der Waals surface area (Å²) in [5, 5.41) is 0. The number of carbonyl (C=O) groups is 1. The first-order valence-electron chi connectivity index (χ1n) is 6.55. The smallest absolute Gasteiger partial charge is 0.282 e. The Morgan fingerprint density at radius 1 is 0.905 bits per heavy atom. The molecule has 0 atom stereocenters. The maximum Gasteiger partial charge on any atom is 0.282 e. The van der Waals surface area contributed by atoms with Gasteiger partial charge in [0.1, 0.15) is 0 Å². The first kappa shape index (κ1) is 15.4. The Morgan fingerprint density at radius 3 is 2.05 bits per heavy atom. The number of hydrogen-bond donors (Lipinski definition) is 0. The minimum atomic E-state index is -3.78. The summed E-state index contributed by atoms with van der Waals surface area (Å²) >= 11 is 0. The third-order valence-corrected chi connectivity index (χ3v) is 4.83. The van der Waals surface area contributed by atoms with Crippen molar-refractivity contribution in [1.29, 1.82) is 0 Å². The Kier molecular flexibility index (Phi) is 3.96. The molecule has 1 aromatic carbocycles. The predicted molar refractivity (Wildman–Crippen MR) is 82.9 cm³/mol. The van der Waals surface area contributed by atoms with E-state index < -0.39 is 10.0 Å². The molecule has 21 heavy (non-hydrogen) atoms. The van der Waals surface area contributed by atoms with Crippen LogP contribution >= 0.6 is 0 Å². The summed E-state index contributed by atoms with van der Waals surface area (Å²) in [6.45, 7) is 6.97. The third-order valence-electron chi connectivity index (χ3n) is 3.54. The first-order valence-corrected chi connectivity index (χ1v) is 7.99. The Balaban J connectivity index is 2.54. The molecule has 2 rings (SSSR count). The summed E-state index contributed by atoms with van der Waals surface area (Å²) in [6.07, 6.45) is 1.42. The number of allylic oxidation sites excluding steroid dienone is 4. The lowest BCUT2D eigenvalue weighted by atomic mass is 9.92. The van der Waals surface area contributed by atoms with Crippen LogP contribution in [0.1, 0.15) is 26.3 Å². The van der Waals surface area contributed by atoms with E-state index in [1.54, 1.807) is 32.9 Å². The number of nitrogens with zero attached hydrogens (tertiary/aromatic N) is 1. The van der Waals surface area contributed by atoms with Crippen molar-refractivity contribution in [1.82, 2.24) is 0 Å². The van der Waals surface area contributed by atoms with Gasteiger partial charge in [-0.05, 0) is 57.0 Å². The normalized spacial score (nSPS) is 18.2. The van der Waals surface area contributed by atoms with Crippen molar-refractivity contribution in [2.24, 2.45) is 4.40 Å². The van der Waals surface area contributed by atoms with Gasteiger partial charge in [-0.3, -0.25) is 4.79 Å². The summed E-state index contributed by atoms with van der Waals surface area (Å²) in [7, 11) is -3.78. The highest BCUT2D eigenvalue weighted by Gasteiger charge is 2.22. The van der Waals surface area contributed by atoms with Crippen LogP contribution in [-0.4, -0.2) is 19.9 Å². The summed E-state index contributed by atoms with van der Waals surface area (Å²) in [5.41, 5.74) is 3.04. The topological polar surface area (TPSA) is 63.6 Å². The van der Waals surface area contributed by atoms with Crippen molar-refractivity contribution < 1.29 is 13.2 Å². The highest BCUT2D eigenvalue weighted by Crippen LogP contribution is 2.22. The molecule has 0 heterocycles. The van der Waals surface area contributed by atoms with Gasteiger partial charge in [-0.25, -0.2) is 0 Å². The molecule has 0 unspecified atom stereocenters. The number of sulfonamides is 1. The number of rotatable bonds is 2. The fourth-order valence-electron chi connectivity index (χ4n) is 2.05. The van der Waals surface area contributed by atoms with E-state index in [1.165, 1.54) is 18.2 Å². The molecular weight excluding hydrogens is 286 g/mol. The van der Waals surface area contributed by atoms with Gasteiger partial charge in [-0.1, -0.05) is 17.7 Å². The van der Waals surface area contributed by atoms with Crippen LogP contribution in [0.2, 0.25) is 0 Å². The van der Waals surface area contributed by atoms with Crippen LogP contribution in [0.4, 0.5) is 0 Å². The molecule has 4 nitrogen and oxygen atoms in total. The molecule has 0 amide bonds. The lowest BCUT2D eigenvalue weighted by Gasteiger charge is -2.15. The second-order valence-corrected chi connectivity index (χ2v) is 6.77. The van der Waals surface area contributed by atoms with Crippen LogP contribution in [0.15, 0.2) is 56.4 Å². The molecule has 0 radical (unpaired) electrons. The summed E-state index contributed by atoms with van der Waals surface area (Å²) in [6, 6.07) is 6.53. The lowest BCUT2D eigenvalue weighted by Crippen LogP contribution is -2.17. The van der Waals surface area contributed by atoms with Gasteiger partial charge in [-0.2, -0.15) is 12.8 Å². The monoisotopic (exact) mass is 303 g/mol. The minimum Gasteiger partial charge on any atom is -0.290 e. The molecule has 1 aromatic rings. The quantitative estimate of drug-likeness (QED) is 0.789. The van der Waals surface area contributed by atoms with Crippen molar-refractivity contribution in [3.63, 3.8) is 0 Å². The Hall–Kier alpha value is -2.01. The van der Waals surface area contributed by atoms with E-state index in [2.05, 4.69) is 4.40 Å². The Morgan fingerprint density at radius 2 is 1.48 bits per heavy atom. The summed E-state index contributed by atoms with van der Waals surface area (Å²) in [4.78, 5) is 11.8. The van der Waals surface area contributed by atoms with Crippen LogP contribution in [0.3, 0.4) is 0 Å². The van der Waals surface area contributed by atoms with E-state index in [-0.39, 0.29) is 10.7 Å². The fraction of sp³-hybridized carbons (Fsp3) is 0.250. The molecule has 0 saturated heterocycles. The van der Waals surface area contributed by atoms with Crippen molar-refractivity contribution >= 4 is 21.5 Å². The largest absolute Gasteiger partial charge is 0.290 e. The van der Waals surface area contributed by atoms with Crippen LogP contribution in [0.5, 0.6) is 0 Å². The molecule has 0 aliphatic heterocycles. The van der Waals surface area contributed by atoms with Gasteiger partial charge < -0.3 is 0 Å². The van der Waals surface area contributed by atoms with E-state index in [4.69, 9.17) is 0 Å². The maximum absolute atomic E-state index is 12.4. The molecule has 0 bridgehead atoms. The molecule has 1 aliphatic rings. The Bertz CT molecular complexity index is 794. The zero-order chi connectivity index (χ0) is 15.8. The third kappa shape index (κ3) is 3.03. The second kappa shape index (κ2) is 5.41. The van der Waals surface area contributed by atoms with Gasteiger partial charge in [0, 0.05) is 5.57 Å². The average molecular weight is 303 g/mol. The second-order valence-electron chi connectivity index (χ2n) is 5.17. The van der Waals surface area contributed by atoms with E-state index in [9.17, 15) is 13.2 Å². The SMILES string of the molecule is CC1=CC(=O)C(C)=C(C)/C1=N\S(=O)(=O)c1ccc(C)cc1. The lowest BCUT2D eigenvalue weighted by molar-refractivity contribution is -0.111. The van der Waals surface area contributed by atoms with E-state index in [1.807, 2.05) is 6.92 Å². The van der Waals surface area contributed by atoms with Crippen LogP contribution in [0, 0.1) is 6.92 Å². The van der Waals surface area contributed by atoms with Gasteiger partial charge in [0.05, 0.1) is 10.6 Å². The summed E-state index contributed by atoms with van der Waals surface area (Å²) in [5.74, 6) is -0.100. The number of aryl methyl sites for hydroxylation is 1. The van der Waals surface area contributed by atoms with Crippen LogP contribution in [-0.2, 0) is 14.8 Å². The molecule has 0 fully saturated rings. The van der Waals surface area contributed by atoms with Crippen molar-refractivity contribution in [3.05, 3.63) is 52.6 Å². The Labute approximate surface area is 125 Å². The van der Waals surface area contributed by atoms with Gasteiger partial charge >= 0.3 is 0 Å².